The van der Waals surface area contributed by atoms with Gasteiger partial charge < -0.3 is 9.64 Å². The van der Waals surface area contributed by atoms with Gasteiger partial charge >= 0.3 is 0 Å². The Balaban J connectivity index is 2.77. The standard InChI is InChI=1S/C11H21NO4S/c1-9(2)17(14,15)7-10(13)12-5-6-16-8-11(12,3)4/h9H,5-8H2,1-4H3. The number of nitrogens with zero attached hydrogens (tertiary/aromatic N) is 1. The summed E-state index contributed by atoms with van der Waals surface area (Å²) in [5.74, 6) is -0.735. The van der Waals surface area contributed by atoms with Crippen LogP contribution in [0.4, 0.5) is 0 Å². The lowest BCUT2D eigenvalue weighted by molar-refractivity contribution is -0.143. The van der Waals surface area contributed by atoms with E-state index in [0.717, 1.165) is 0 Å². The molecule has 0 aromatic heterocycles. The molecule has 0 atom stereocenters. The molecule has 1 fully saturated rings. The molecule has 100 valence electrons. The van der Waals surface area contributed by atoms with Gasteiger partial charge in [-0.05, 0) is 27.7 Å². The third-order valence-electron chi connectivity index (χ3n) is 2.99. The lowest BCUT2D eigenvalue weighted by atomic mass is 10.0. The maximum absolute atomic E-state index is 12.0. The molecule has 0 N–H and O–H groups in total. The predicted octanol–water partition coefficient (Wildman–Crippen LogP) is 0.447. The Bertz CT molecular complexity index is 386. The minimum Gasteiger partial charge on any atom is -0.377 e. The van der Waals surface area contributed by atoms with Crippen LogP contribution in [0.5, 0.6) is 0 Å². The highest BCUT2D eigenvalue weighted by Crippen LogP contribution is 2.19. The smallest absolute Gasteiger partial charge is 0.238 e. The van der Waals surface area contributed by atoms with Crippen LogP contribution in [0.1, 0.15) is 27.7 Å². The van der Waals surface area contributed by atoms with Crippen LogP contribution in [-0.2, 0) is 19.4 Å². The molecule has 6 heteroatoms. The second-order valence-corrected chi connectivity index (χ2v) is 7.82. The quantitative estimate of drug-likeness (QED) is 0.741. The van der Waals surface area contributed by atoms with Crippen LogP contribution in [-0.4, -0.2) is 55.5 Å². The maximum atomic E-state index is 12.0. The second kappa shape index (κ2) is 4.94. The van der Waals surface area contributed by atoms with Gasteiger partial charge in [-0.15, -0.1) is 0 Å². The predicted molar refractivity (Wildman–Crippen MR) is 65.5 cm³/mol. The first-order valence-corrected chi connectivity index (χ1v) is 7.48. The molecule has 1 rings (SSSR count). The summed E-state index contributed by atoms with van der Waals surface area (Å²) >= 11 is 0. The minimum absolute atomic E-state index is 0.327. The van der Waals surface area contributed by atoms with E-state index in [1.807, 2.05) is 13.8 Å². The van der Waals surface area contributed by atoms with E-state index < -0.39 is 26.4 Å². The summed E-state index contributed by atoms with van der Waals surface area (Å²) < 4.78 is 28.7. The first-order valence-electron chi connectivity index (χ1n) is 5.76. The third-order valence-corrected chi connectivity index (χ3v) is 5.07. The highest BCUT2D eigenvalue weighted by atomic mass is 32.2. The van der Waals surface area contributed by atoms with Crippen molar-refractivity contribution in [1.29, 1.82) is 0 Å². The first kappa shape index (κ1) is 14.4. The third kappa shape index (κ3) is 3.42. The molecule has 0 aromatic rings. The SMILES string of the molecule is CC(C)S(=O)(=O)CC(=O)N1CCOCC1(C)C. The normalized spacial score (nSPS) is 20.6. The van der Waals surface area contributed by atoms with Gasteiger partial charge in [-0.3, -0.25) is 4.79 Å². The van der Waals surface area contributed by atoms with Crippen molar-refractivity contribution in [2.75, 3.05) is 25.5 Å². The number of hydrogen-bond donors (Lipinski definition) is 0. The Hall–Kier alpha value is -0.620. The van der Waals surface area contributed by atoms with Gasteiger partial charge in [-0.25, -0.2) is 8.42 Å². The molecule has 1 amide bonds. The molecule has 0 aliphatic carbocycles. The number of ether oxygens (including phenoxy) is 1. The van der Waals surface area contributed by atoms with Crippen LogP contribution in [0.15, 0.2) is 0 Å². The molecule has 17 heavy (non-hydrogen) atoms. The summed E-state index contributed by atoms with van der Waals surface area (Å²) in [5, 5.41) is -0.518. The molecule has 0 saturated carbocycles. The van der Waals surface area contributed by atoms with Crippen LogP contribution in [0.3, 0.4) is 0 Å². The fourth-order valence-electron chi connectivity index (χ4n) is 1.74. The van der Waals surface area contributed by atoms with Crippen molar-refractivity contribution in [2.24, 2.45) is 0 Å². The number of rotatable bonds is 3. The van der Waals surface area contributed by atoms with E-state index in [9.17, 15) is 13.2 Å². The number of morpholine rings is 1. The van der Waals surface area contributed by atoms with Crippen LogP contribution < -0.4 is 0 Å². The monoisotopic (exact) mass is 263 g/mol. The highest BCUT2D eigenvalue weighted by molar-refractivity contribution is 7.92. The van der Waals surface area contributed by atoms with E-state index in [0.29, 0.717) is 19.8 Å². The van der Waals surface area contributed by atoms with E-state index >= 15 is 0 Å². The van der Waals surface area contributed by atoms with Gasteiger partial charge in [0.25, 0.3) is 0 Å². The number of amides is 1. The topological polar surface area (TPSA) is 63.7 Å². The van der Waals surface area contributed by atoms with Crippen molar-refractivity contribution >= 4 is 15.7 Å². The number of sulfone groups is 1. The summed E-state index contributed by atoms with van der Waals surface area (Å²) in [6.07, 6.45) is 0. The lowest BCUT2D eigenvalue weighted by Crippen LogP contribution is -2.57. The zero-order valence-electron chi connectivity index (χ0n) is 10.9. The Labute approximate surface area is 103 Å². The van der Waals surface area contributed by atoms with Crippen molar-refractivity contribution < 1.29 is 17.9 Å². The Morgan fingerprint density at radius 1 is 1.41 bits per heavy atom. The first-order chi connectivity index (χ1) is 7.67. The Morgan fingerprint density at radius 3 is 2.47 bits per heavy atom. The molecular weight excluding hydrogens is 242 g/mol. The fourth-order valence-corrected chi connectivity index (χ4v) is 2.57. The number of hydrogen-bond acceptors (Lipinski definition) is 4. The van der Waals surface area contributed by atoms with Gasteiger partial charge in [0.05, 0.1) is 24.0 Å². The molecule has 0 aromatic carbocycles. The molecule has 1 heterocycles. The van der Waals surface area contributed by atoms with Gasteiger partial charge in [-0.1, -0.05) is 0 Å². The average molecular weight is 263 g/mol. The molecule has 0 bridgehead atoms. The van der Waals surface area contributed by atoms with Crippen LogP contribution >= 0.6 is 0 Å². The van der Waals surface area contributed by atoms with Crippen LogP contribution in [0.25, 0.3) is 0 Å². The van der Waals surface area contributed by atoms with Crippen molar-refractivity contribution in [3.63, 3.8) is 0 Å². The summed E-state index contributed by atoms with van der Waals surface area (Å²) in [4.78, 5) is 13.6. The average Bonchev–Trinajstić information content (AvgIpc) is 2.15. The van der Waals surface area contributed by atoms with E-state index in [4.69, 9.17) is 4.74 Å². The van der Waals surface area contributed by atoms with Gasteiger partial charge in [0.2, 0.25) is 5.91 Å². The summed E-state index contributed by atoms with van der Waals surface area (Å²) in [6.45, 7) is 8.31. The molecule has 1 aliphatic heterocycles. The Morgan fingerprint density at radius 2 is 2.00 bits per heavy atom. The van der Waals surface area contributed by atoms with Crippen molar-refractivity contribution in [3.05, 3.63) is 0 Å². The molecule has 1 aliphatic rings. The summed E-state index contributed by atoms with van der Waals surface area (Å²) in [5.41, 5.74) is -0.429. The van der Waals surface area contributed by atoms with E-state index in [-0.39, 0.29) is 5.91 Å². The van der Waals surface area contributed by atoms with Crippen molar-refractivity contribution in [3.8, 4) is 0 Å². The van der Waals surface area contributed by atoms with Gasteiger partial charge in [-0.2, -0.15) is 0 Å². The van der Waals surface area contributed by atoms with E-state index in [1.165, 1.54) is 0 Å². The van der Waals surface area contributed by atoms with Crippen molar-refractivity contribution in [1.82, 2.24) is 4.90 Å². The van der Waals surface area contributed by atoms with Gasteiger partial charge in [0, 0.05) is 6.54 Å². The molecule has 0 spiro atoms. The van der Waals surface area contributed by atoms with Crippen LogP contribution in [0, 0.1) is 0 Å². The zero-order chi connectivity index (χ0) is 13.3. The zero-order valence-corrected chi connectivity index (χ0v) is 11.7. The second-order valence-electron chi connectivity index (χ2n) is 5.27. The van der Waals surface area contributed by atoms with Crippen molar-refractivity contribution in [2.45, 2.75) is 38.5 Å². The fraction of sp³-hybridized carbons (Fsp3) is 0.909. The molecule has 1 saturated heterocycles. The molecular formula is C11H21NO4S. The summed E-state index contributed by atoms with van der Waals surface area (Å²) in [7, 11) is -3.33. The largest absolute Gasteiger partial charge is 0.377 e. The van der Waals surface area contributed by atoms with Gasteiger partial charge in [0.15, 0.2) is 9.84 Å². The molecule has 0 unspecified atom stereocenters. The number of carbonyl (C=O) groups excluding carboxylic acids is 1. The maximum Gasteiger partial charge on any atom is 0.238 e. The van der Waals surface area contributed by atoms with Crippen LogP contribution in [0.2, 0.25) is 0 Å². The highest BCUT2D eigenvalue weighted by Gasteiger charge is 2.36. The van der Waals surface area contributed by atoms with E-state index in [2.05, 4.69) is 0 Å². The number of carbonyl (C=O) groups is 1. The van der Waals surface area contributed by atoms with E-state index in [1.54, 1.807) is 18.7 Å². The molecule has 5 nitrogen and oxygen atoms in total. The lowest BCUT2D eigenvalue weighted by Gasteiger charge is -2.42. The molecule has 0 radical (unpaired) electrons. The van der Waals surface area contributed by atoms with Gasteiger partial charge in [0.1, 0.15) is 5.75 Å². The Kier molecular flexibility index (Phi) is 4.19. The minimum atomic E-state index is -3.33. The summed E-state index contributed by atoms with van der Waals surface area (Å²) in [6, 6.07) is 0.